The fourth-order valence-electron chi connectivity index (χ4n) is 2.47. The lowest BCUT2D eigenvalue weighted by Gasteiger charge is -2.14. The van der Waals surface area contributed by atoms with E-state index in [4.69, 9.17) is 18.9 Å². The lowest BCUT2D eigenvalue weighted by atomic mass is 10.1. The molecule has 1 N–H and O–H groups in total. The van der Waals surface area contributed by atoms with E-state index >= 15 is 0 Å². The minimum absolute atomic E-state index is 0.223. The van der Waals surface area contributed by atoms with Crippen molar-refractivity contribution in [1.82, 2.24) is 5.32 Å². The van der Waals surface area contributed by atoms with Crippen molar-refractivity contribution in [3.05, 3.63) is 52.0 Å². The first-order chi connectivity index (χ1) is 13.6. The molecule has 0 heterocycles. The van der Waals surface area contributed by atoms with Gasteiger partial charge in [-0.15, -0.1) is 0 Å². The molecule has 0 radical (unpaired) electrons. The number of carbonyl (C=O) groups is 1. The van der Waals surface area contributed by atoms with Crippen LogP contribution in [-0.4, -0.2) is 39.9 Å². The van der Waals surface area contributed by atoms with E-state index in [0.29, 0.717) is 49.2 Å². The minimum Gasteiger partial charge on any atom is -0.493 e. The van der Waals surface area contributed by atoms with Crippen LogP contribution in [0.4, 0.5) is 0 Å². The van der Waals surface area contributed by atoms with Gasteiger partial charge in [0.1, 0.15) is 12.4 Å². The largest absolute Gasteiger partial charge is 0.493 e. The number of carbonyl (C=O) groups excluding carboxylic acids is 1. The summed E-state index contributed by atoms with van der Waals surface area (Å²) in [6.45, 7) is 3.85. The molecule has 7 heteroatoms. The molecule has 0 aliphatic carbocycles. The van der Waals surface area contributed by atoms with Crippen LogP contribution < -0.4 is 19.5 Å². The number of methoxy groups -OCH3 is 2. The van der Waals surface area contributed by atoms with E-state index in [0.717, 1.165) is 16.5 Å². The van der Waals surface area contributed by atoms with Gasteiger partial charge in [0.05, 0.1) is 25.9 Å². The van der Waals surface area contributed by atoms with E-state index in [9.17, 15) is 4.79 Å². The predicted molar refractivity (Wildman–Crippen MR) is 111 cm³/mol. The second-order valence-electron chi connectivity index (χ2n) is 6.00. The maximum Gasteiger partial charge on any atom is 0.255 e. The third kappa shape index (κ3) is 6.42. The molecule has 28 heavy (non-hydrogen) atoms. The second-order valence-corrected chi connectivity index (χ2v) is 6.91. The zero-order valence-electron chi connectivity index (χ0n) is 16.4. The van der Waals surface area contributed by atoms with Crippen molar-refractivity contribution in [1.29, 1.82) is 0 Å². The SMILES string of the molecule is CCCOc1ccc(CNC(=O)c2cc(Br)ccc2OCCOC)cc1OC. The van der Waals surface area contributed by atoms with Crippen LogP contribution in [0.1, 0.15) is 29.3 Å². The van der Waals surface area contributed by atoms with Crippen LogP contribution >= 0.6 is 15.9 Å². The quantitative estimate of drug-likeness (QED) is 0.518. The van der Waals surface area contributed by atoms with Crippen LogP contribution in [0, 0.1) is 0 Å². The average molecular weight is 452 g/mol. The summed E-state index contributed by atoms with van der Waals surface area (Å²) in [5.41, 5.74) is 1.37. The Bertz CT molecular complexity index is 781. The summed E-state index contributed by atoms with van der Waals surface area (Å²) in [5.74, 6) is 1.63. The molecule has 1 amide bonds. The van der Waals surface area contributed by atoms with E-state index in [1.54, 1.807) is 26.4 Å². The number of hydrogen-bond donors (Lipinski definition) is 1. The Labute approximate surface area is 174 Å². The molecule has 0 spiro atoms. The number of amides is 1. The molecule has 2 aromatic rings. The first-order valence-electron chi connectivity index (χ1n) is 9.08. The maximum atomic E-state index is 12.7. The highest BCUT2D eigenvalue weighted by atomic mass is 79.9. The van der Waals surface area contributed by atoms with Gasteiger partial charge in [-0.2, -0.15) is 0 Å². The summed E-state index contributed by atoms with van der Waals surface area (Å²) < 4.78 is 22.5. The lowest BCUT2D eigenvalue weighted by Crippen LogP contribution is -2.24. The predicted octanol–water partition coefficient (Wildman–Crippen LogP) is 4.20. The number of hydrogen-bond acceptors (Lipinski definition) is 5. The van der Waals surface area contributed by atoms with Gasteiger partial charge in [0, 0.05) is 18.1 Å². The smallest absolute Gasteiger partial charge is 0.255 e. The summed E-state index contributed by atoms with van der Waals surface area (Å²) in [7, 11) is 3.20. The van der Waals surface area contributed by atoms with E-state index in [1.807, 2.05) is 31.2 Å². The Balaban J connectivity index is 2.06. The third-order valence-electron chi connectivity index (χ3n) is 3.87. The lowest BCUT2D eigenvalue weighted by molar-refractivity contribution is 0.0943. The highest BCUT2D eigenvalue weighted by Gasteiger charge is 2.14. The van der Waals surface area contributed by atoms with Crippen LogP contribution in [0.15, 0.2) is 40.9 Å². The first-order valence-corrected chi connectivity index (χ1v) is 9.87. The van der Waals surface area contributed by atoms with E-state index in [1.165, 1.54) is 0 Å². The number of rotatable bonds is 11. The summed E-state index contributed by atoms with van der Waals surface area (Å²) in [6.07, 6.45) is 0.919. The van der Waals surface area contributed by atoms with Crippen LogP contribution in [-0.2, 0) is 11.3 Å². The van der Waals surface area contributed by atoms with Crippen molar-refractivity contribution in [2.75, 3.05) is 34.0 Å². The van der Waals surface area contributed by atoms with Gasteiger partial charge < -0.3 is 24.3 Å². The molecule has 0 aromatic heterocycles. The highest BCUT2D eigenvalue weighted by Crippen LogP contribution is 2.28. The fraction of sp³-hybridized carbons (Fsp3) is 0.381. The number of benzene rings is 2. The second kappa shape index (κ2) is 11.6. The molecule has 2 aromatic carbocycles. The Morgan fingerprint density at radius 2 is 1.71 bits per heavy atom. The van der Waals surface area contributed by atoms with Crippen molar-refractivity contribution < 1.29 is 23.7 Å². The highest BCUT2D eigenvalue weighted by molar-refractivity contribution is 9.10. The Morgan fingerprint density at radius 3 is 2.43 bits per heavy atom. The van der Waals surface area contributed by atoms with E-state index in [-0.39, 0.29) is 5.91 Å². The molecule has 0 unspecified atom stereocenters. The normalized spacial score (nSPS) is 10.4. The van der Waals surface area contributed by atoms with Crippen LogP contribution in [0.3, 0.4) is 0 Å². The van der Waals surface area contributed by atoms with Crippen LogP contribution in [0.5, 0.6) is 17.2 Å². The zero-order chi connectivity index (χ0) is 20.4. The van der Waals surface area contributed by atoms with Gasteiger partial charge in [0.15, 0.2) is 11.5 Å². The maximum absolute atomic E-state index is 12.7. The summed E-state index contributed by atoms with van der Waals surface area (Å²) in [5, 5.41) is 2.92. The van der Waals surface area contributed by atoms with E-state index < -0.39 is 0 Å². The fourth-order valence-corrected chi connectivity index (χ4v) is 2.83. The molecular weight excluding hydrogens is 426 g/mol. The minimum atomic E-state index is -0.223. The van der Waals surface area contributed by atoms with Crippen molar-refractivity contribution in [2.24, 2.45) is 0 Å². The van der Waals surface area contributed by atoms with Gasteiger partial charge in [-0.05, 0) is 42.3 Å². The molecule has 0 aliphatic rings. The van der Waals surface area contributed by atoms with Crippen LogP contribution in [0.25, 0.3) is 0 Å². The average Bonchev–Trinajstić information content (AvgIpc) is 2.71. The van der Waals surface area contributed by atoms with Crippen molar-refractivity contribution >= 4 is 21.8 Å². The van der Waals surface area contributed by atoms with Gasteiger partial charge in [0.25, 0.3) is 5.91 Å². The third-order valence-corrected chi connectivity index (χ3v) is 4.37. The van der Waals surface area contributed by atoms with Gasteiger partial charge >= 0.3 is 0 Å². The molecule has 0 saturated heterocycles. The van der Waals surface area contributed by atoms with Crippen molar-refractivity contribution in [3.63, 3.8) is 0 Å². The molecule has 152 valence electrons. The summed E-state index contributed by atoms with van der Waals surface area (Å²) in [6, 6.07) is 11.0. The summed E-state index contributed by atoms with van der Waals surface area (Å²) >= 11 is 3.40. The number of nitrogens with one attached hydrogen (secondary N) is 1. The van der Waals surface area contributed by atoms with E-state index in [2.05, 4.69) is 21.2 Å². The molecule has 0 atom stereocenters. The number of ether oxygens (including phenoxy) is 4. The van der Waals surface area contributed by atoms with Crippen molar-refractivity contribution in [2.45, 2.75) is 19.9 Å². The van der Waals surface area contributed by atoms with Gasteiger partial charge in [0.2, 0.25) is 0 Å². The molecule has 6 nitrogen and oxygen atoms in total. The molecular formula is C21H26BrNO5. The monoisotopic (exact) mass is 451 g/mol. The Kier molecular flexibility index (Phi) is 9.10. The topological polar surface area (TPSA) is 66.0 Å². The molecule has 0 bridgehead atoms. The van der Waals surface area contributed by atoms with Gasteiger partial charge in [-0.25, -0.2) is 0 Å². The van der Waals surface area contributed by atoms with Gasteiger partial charge in [-0.1, -0.05) is 28.9 Å². The Hall–Kier alpha value is -2.25. The molecule has 0 saturated carbocycles. The molecule has 0 fully saturated rings. The van der Waals surface area contributed by atoms with Gasteiger partial charge in [-0.3, -0.25) is 4.79 Å². The summed E-state index contributed by atoms with van der Waals surface area (Å²) in [4.78, 5) is 12.7. The number of halogens is 1. The first kappa shape index (κ1) is 22.0. The van der Waals surface area contributed by atoms with Crippen molar-refractivity contribution in [3.8, 4) is 17.2 Å². The molecule has 2 rings (SSSR count). The molecule has 0 aliphatic heterocycles. The standard InChI is InChI=1S/C21H26BrNO5/c1-4-9-27-19-7-5-15(12-20(19)26-3)14-23-21(24)17-13-16(22)6-8-18(17)28-11-10-25-2/h5-8,12-13H,4,9-11,14H2,1-3H3,(H,23,24). The zero-order valence-corrected chi connectivity index (χ0v) is 18.0. The Morgan fingerprint density at radius 1 is 0.964 bits per heavy atom. The van der Waals surface area contributed by atoms with Crippen LogP contribution in [0.2, 0.25) is 0 Å².